The molecule has 0 aliphatic heterocycles. The second-order valence-corrected chi connectivity index (χ2v) is 6.89. The molecule has 6 heteroatoms. The highest BCUT2D eigenvalue weighted by molar-refractivity contribution is 5.96. The van der Waals surface area contributed by atoms with E-state index >= 15 is 0 Å². The van der Waals surface area contributed by atoms with E-state index < -0.39 is 0 Å². The van der Waals surface area contributed by atoms with Crippen LogP contribution in [0.5, 0.6) is 17.2 Å². The highest BCUT2D eigenvalue weighted by Crippen LogP contribution is 2.48. The van der Waals surface area contributed by atoms with E-state index in [4.69, 9.17) is 14.2 Å². The van der Waals surface area contributed by atoms with Crippen LogP contribution in [0, 0.1) is 17.8 Å². The van der Waals surface area contributed by atoms with Gasteiger partial charge in [0.15, 0.2) is 11.5 Å². The van der Waals surface area contributed by atoms with Gasteiger partial charge in [-0.05, 0) is 50.2 Å². The number of benzene rings is 1. The van der Waals surface area contributed by atoms with Crippen molar-refractivity contribution in [2.24, 2.45) is 22.9 Å². The van der Waals surface area contributed by atoms with Gasteiger partial charge in [0, 0.05) is 17.2 Å². The van der Waals surface area contributed by atoms with E-state index in [0.717, 1.165) is 17.5 Å². The molecular formula is C19H26N2O4. The molecule has 2 aliphatic carbocycles. The summed E-state index contributed by atoms with van der Waals surface area (Å²) in [5.41, 5.74) is 4.11. The molecule has 0 aromatic heterocycles. The fourth-order valence-corrected chi connectivity index (χ4v) is 4.25. The van der Waals surface area contributed by atoms with Crippen LogP contribution in [0.3, 0.4) is 0 Å². The fraction of sp³-hybridized carbons (Fsp3) is 0.579. The van der Waals surface area contributed by atoms with Crippen molar-refractivity contribution in [2.45, 2.75) is 32.6 Å². The highest BCUT2D eigenvalue weighted by atomic mass is 16.5. The van der Waals surface area contributed by atoms with Gasteiger partial charge in [0.05, 0.1) is 21.3 Å². The van der Waals surface area contributed by atoms with Gasteiger partial charge in [-0.3, -0.25) is 4.79 Å². The Bertz CT molecular complexity index is 661. The Balaban J connectivity index is 1.73. The molecule has 3 atom stereocenters. The number of methoxy groups -OCH3 is 3. The molecule has 0 radical (unpaired) electrons. The maximum absolute atomic E-state index is 12.5. The molecule has 136 valence electrons. The van der Waals surface area contributed by atoms with Crippen molar-refractivity contribution in [3.63, 3.8) is 0 Å². The summed E-state index contributed by atoms with van der Waals surface area (Å²) >= 11 is 0. The molecule has 3 unspecified atom stereocenters. The molecule has 1 aromatic carbocycles. The molecule has 1 amide bonds. The second-order valence-electron chi connectivity index (χ2n) is 6.89. The predicted octanol–water partition coefficient (Wildman–Crippen LogP) is 3.25. The molecule has 2 aliphatic rings. The number of ether oxygens (including phenoxy) is 3. The Labute approximate surface area is 148 Å². The van der Waals surface area contributed by atoms with Crippen molar-refractivity contribution in [3.8, 4) is 17.2 Å². The number of rotatable bonds is 6. The topological polar surface area (TPSA) is 69.2 Å². The third-order valence-electron chi connectivity index (χ3n) is 5.54. The van der Waals surface area contributed by atoms with Crippen LogP contribution >= 0.6 is 0 Å². The van der Waals surface area contributed by atoms with Gasteiger partial charge in [-0.1, -0.05) is 6.42 Å². The zero-order valence-electron chi connectivity index (χ0n) is 15.3. The van der Waals surface area contributed by atoms with E-state index in [1.807, 2.05) is 6.92 Å². The van der Waals surface area contributed by atoms with E-state index in [2.05, 4.69) is 10.5 Å². The lowest BCUT2D eigenvalue weighted by Crippen LogP contribution is -2.24. The zero-order chi connectivity index (χ0) is 18.0. The summed E-state index contributed by atoms with van der Waals surface area (Å²) in [6.45, 7) is 2.01. The molecule has 2 saturated carbocycles. The Morgan fingerprint density at radius 3 is 2.24 bits per heavy atom. The molecule has 0 saturated heterocycles. The highest BCUT2D eigenvalue weighted by Gasteiger charge is 2.40. The Kier molecular flexibility index (Phi) is 5.16. The van der Waals surface area contributed by atoms with Gasteiger partial charge in [-0.15, -0.1) is 0 Å². The number of carbonyl (C=O) groups is 1. The Hall–Kier alpha value is -2.24. The average Bonchev–Trinajstić information content (AvgIpc) is 3.27. The van der Waals surface area contributed by atoms with Crippen LogP contribution in [-0.4, -0.2) is 32.9 Å². The van der Waals surface area contributed by atoms with Gasteiger partial charge in [0.25, 0.3) is 5.91 Å². The van der Waals surface area contributed by atoms with Crippen molar-refractivity contribution in [1.82, 2.24) is 5.43 Å². The molecule has 25 heavy (non-hydrogen) atoms. The number of hydrogen-bond donors (Lipinski definition) is 1. The number of amides is 1. The summed E-state index contributed by atoms with van der Waals surface area (Å²) in [6.07, 6.45) is 5.17. The van der Waals surface area contributed by atoms with Crippen molar-refractivity contribution < 1.29 is 19.0 Å². The third kappa shape index (κ3) is 3.43. The summed E-state index contributed by atoms with van der Waals surface area (Å²) in [5, 5.41) is 4.36. The summed E-state index contributed by atoms with van der Waals surface area (Å²) < 4.78 is 15.9. The summed E-state index contributed by atoms with van der Waals surface area (Å²) in [5.74, 6) is 3.17. The van der Waals surface area contributed by atoms with Crippen LogP contribution in [-0.2, 0) is 0 Å². The minimum Gasteiger partial charge on any atom is -0.493 e. The lowest BCUT2D eigenvalue weighted by Gasteiger charge is -2.21. The van der Waals surface area contributed by atoms with Gasteiger partial charge in [0.1, 0.15) is 0 Å². The predicted molar refractivity (Wildman–Crippen MR) is 95.6 cm³/mol. The third-order valence-corrected chi connectivity index (χ3v) is 5.54. The van der Waals surface area contributed by atoms with Crippen LogP contribution in [0.1, 0.15) is 43.0 Å². The van der Waals surface area contributed by atoms with Gasteiger partial charge in [0.2, 0.25) is 5.75 Å². The van der Waals surface area contributed by atoms with Gasteiger partial charge in [-0.25, -0.2) is 5.43 Å². The standard InChI is InChI=1S/C19H26N2O4/c1-11(15-8-12-5-6-13(15)7-12)20-21-19(22)14-9-16(23-2)18(25-4)17(10-14)24-3/h9-10,12-13,15H,5-8H2,1-4H3,(H,21,22). The van der Waals surface area contributed by atoms with E-state index in [1.54, 1.807) is 12.1 Å². The minimum atomic E-state index is -0.290. The molecule has 2 bridgehead atoms. The molecular weight excluding hydrogens is 320 g/mol. The number of nitrogens with zero attached hydrogens (tertiary/aromatic N) is 1. The SMILES string of the molecule is COc1cc(C(=O)NN=C(C)C2CC3CCC2C3)cc(OC)c1OC. The first-order valence-corrected chi connectivity index (χ1v) is 8.71. The van der Waals surface area contributed by atoms with E-state index in [1.165, 1.54) is 47.0 Å². The molecule has 6 nitrogen and oxygen atoms in total. The molecule has 3 rings (SSSR count). The number of hydrogen-bond acceptors (Lipinski definition) is 5. The lowest BCUT2D eigenvalue weighted by molar-refractivity contribution is 0.0953. The largest absolute Gasteiger partial charge is 0.493 e. The molecule has 1 N–H and O–H groups in total. The minimum absolute atomic E-state index is 0.290. The summed E-state index contributed by atoms with van der Waals surface area (Å²) in [6, 6.07) is 3.25. The quantitative estimate of drug-likeness (QED) is 0.634. The average molecular weight is 346 g/mol. The van der Waals surface area contributed by atoms with Crippen molar-refractivity contribution in [2.75, 3.05) is 21.3 Å². The maximum atomic E-state index is 12.5. The van der Waals surface area contributed by atoms with Crippen LogP contribution in [0.25, 0.3) is 0 Å². The van der Waals surface area contributed by atoms with Gasteiger partial charge in [-0.2, -0.15) is 5.10 Å². The molecule has 1 aromatic rings. The zero-order valence-corrected chi connectivity index (χ0v) is 15.3. The second kappa shape index (κ2) is 7.33. The van der Waals surface area contributed by atoms with E-state index in [-0.39, 0.29) is 5.91 Å². The van der Waals surface area contributed by atoms with Gasteiger partial charge < -0.3 is 14.2 Å². The summed E-state index contributed by atoms with van der Waals surface area (Å²) in [7, 11) is 4.58. The Morgan fingerprint density at radius 2 is 1.76 bits per heavy atom. The molecule has 2 fully saturated rings. The van der Waals surface area contributed by atoms with Crippen molar-refractivity contribution in [3.05, 3.63) is 17.7 Å². The van der Waals surface area contributed by atoms with Crippen LogP contribution < -0.4 is 19.6 Å². The molecule has 0 spiro atoms. The number of carbonyl (C=O) groups excluding carboxylic acids is 1. The van der Waals surface area contributed by atoms with Crippen LogP contribution in [0.4, 0.5) is 0 Å². The molecule has 0 heterocycles. The lowest BCUT2D eigenvalue weighted by atomic mass is 9.86. The van der Waals surface area contributed by atoms with E-state index in [0.29, 0.717) is 28.7 Å². The van der Waals surface area contributed by atoms with E-state index in [9.17, 15) is 4.79 Å². The first-order valence-electron chi connectivity index (χ1n) is 8.71. The smallest absolute Gasteiger partial charge is 0.271 e. The van der Waals surface area contributed by atoms with Crippen LogP contribution in [0.2, 0.25) is 0 Å². The normalized spacial score (nSPS) is 25.0. The summed E-state index contributed by atoms with van der Waals surface area (Å²) in [4.78, 5) is 12.5. The Morgan fingerprint density at radius 1 is 1.08 bits per heavy atom. The first kappa shape index (κ1) is 17.6. The number of nitrogens with one attached hydrogen (secondary N) is 1. The first-order chi connectivity index (χ1) is 12.1. The fourth-order valence-electron chi connectivity index (χ4n) is 4.25. The van der Waals surface area contributed by atoms with Crippen LogP contribution in [0.15, 0.2) is 17.2 Å². The van der Waals surface area contributed by atoms with Crippen molar-refractivity contribution in [1.29, 1.82) is 0 Å². The van der Waals surface area contributed by atoms with Crippen molar-refractivity contribution >= 4 is 11.6 Å². The number of hydrazone groups is 1. The maximum Gasteiger partial charge on any atom is 0.271 e. The van der Waals surface area contributed by atoms with Gasteiger partial charge >= 0.3 is 0 Å². The monoisotopic (exact) mass is 346 g/mol. The number of fused-ring (bicyclic) bond motifs is 2.